The third-order valence-electron chi connectivity index (χ3n) is 4.81. The fourth-order valence-electron chi connectivity index (χ4n) is 3.35. The standard InChI is InChI=1S/C19H27N5O/c1-13-15(14(2)24(3)23-13)8-6-11-21-19(20)22-17-10-12-25-18-9-5-4-7-16(17)18/h4-5,7,9,17H,6,8,10-12H2,1-3H3,(H3,20,21,22). The second kappa shape index (κ2) is 7.59. The van der Waals surface area contributed by atoms with E-state index < -0.39 is 0 Å². The van der Waals surface area contributed by atoms with Gasteiger partial charge in [0.05, 0.1) is 18.3 Å². The molecule has 3 N–H and O–H groups in total. The van der Waals surface area contributed by atoms with Gasteiger partial charge in [0.15, 0.2) is 5.96 Å². The van der Waals surface area contributed by atoms with Crippen LogP contribution in [0.25, 0.3) is 0 Å². The molecule has 0 spiro atoms. The Balaban J connectivity index is 1.53. The third kappa shape index (κ3) is 3.95. The summed E-state index contributed by atoms with van der Waals surface area (Å²) < 4.78 is 7.62. The van der Waals surface area contributed by atoms with Crippen LogP contribution in [0.15, 0.2) is 29.3 Å². The van der Waals surface area contributed by atoms with E-state index in [0.29, 0.717) is 19.1 Å². The van der Waals surface area contributed by atoms with Crippen molar-refractivity contribution in [3.8, 4) is 5.75 Å². The zero-order valence-electron chi connectivity index (χ0n) is 15.2. The number of aryl methyl sites for hydroxylation is 2. The largest absolute Gasteiger partial charge is 0.493 e. The van der Waals surface area contributed by atoms with E-state index in [2.05, 4.69) is 35.3 Å². The van der Waals surface area contributed by atoms with E-state index in [4.69, 9.17) is 10.5 Å². The van der Waals surface area contributed by atoms with E-state index in [-0.39, 0.29) is 6.04 Å². The van der Waals surface area contributed by atoms with Crippen LogP contribution in [-0.4, -0.2) is 28.9 Å². The first-order chi connectivity index (χ1) is 12.1. The van der Waals surface area contributed by atoms with Crippen molar-refractivity contribution < 1.29 is 4.74 Å². The molecule has 1 unspecified atom stereocenters. The molecule has 0 fully saturated rings. The smallest absolute Gasteiger partial charge is 0.189 e. The molecule has 0 aliphatic carbocycles. The van der Waals surface area contributed by atoms with Gasteiger partial charge in [-0.1, -0.05) is 18.2 Å². The fourth-order valence-corrected chi connectivity index (χ4v) is 3.35. The number of guanidine groups is 1. The van der Waals surface area contributed by atoms with Gasteiger partial charge in [0.1, 0.15) is 5.75 Å². The molecule has 3 rings (SSSR count). The zero-order valence-corrected chi connectivity index (χ0v) is 15.2. The Morgan fingerprint density at radius 3 is 2.96 bits per heavy atom. The number of ether oxygens (including phenoxy) is 1. The number of para-hydroxylation sites is 1. The van der Waals surface area contributed by atoms with E-state index in [9.17, 15) is 0 Å². The van der Waals surface area contributed by atoms with Crippen molar-refractivity contribution in [2.24, 2.45) is 17.8 Å². The van der Waals surface area contributed by atoms with Crippen LogP contribution in [0.1, 0.15) is 41.4 Å². The van der Waals surface area contributed by atoms with Gasteiger partial charge in [-0.2, -0.15) is 5.10 Å². The fraction of sp³-hybridized carbons (Fsp3) is 0.474. The first kappa shape index (κ1) is 17.3. The van der Waals surface area contributed by atoms with Crippen molar-refractivity contribution >= 4 is 5.96 Å². The van der Waals surface area contributed by atoms with Crippen LogP contribution < -0.4 is 15.8 Å². The summed E-state index contributed by atoms with van der Waals surface area (Å²) in [7, 11) is 1.98. The zero-order chi connectivity index (χ0) is 17.8. The van der Waals surface area contributed by atoms with Crippen LogP contribution >= 0.6 is 0 Å². The average Bonchev–Trinajstić information content (AvgIpc) is 2.84. The van der Waals surface area contributed by atoms with E-state index in [1.54, 1.807) is 0 Å². The van der Waals surface area contributed by atoms with Gasteiger partial charge in [-0.15, -0.1) is 0 Å². The number of rotatable bonds is 5. The molecule has 0 amide bonds. The van der Waals surface area contributed by atoms with Crippen LogP contribution in [-0.2, 0) is 13.5 Å². The first-order valence-corrected chi connectivity index (χ1v) is 8.83. The monoisotopic (exact) mass is 341 g/mol. The van der Waals surface area contributed by atoms with Gasteiger partial charge >= 0.3 is 0 Å². The maximum Gasteiger partial charge on any atom is 0.189 e. The quantitative estimate of drug-likeness (QED) is 0.497. The predicted octanol–water partition coefficient (Wildman–Crippen LogP) is 2.40. The average molecular weight is 341 g/mol. The Bertz CT molecular complexity index is 765. The lowest BCUT2D eigenvalue weighted by atomic mass is 10.0. The molecular weight excluding hydrogens is 314 g/mol. The summed E-state index contributed by atoms with van der Waals surface area (Å²) in [6.45, 7) is 5.57. The highest BCUT2D eigenvalue weighted by Crippen LogP contribution is 2.31. The molecular formula is C19H27N5O. The lowest BCUT2D eigenvalue weighted by molar-refractivity contribution is 0.262. The van der Waals surface area contributed by atoms with Crippen LogP contribution in [0.2, 0.25) is 0 Å². The summed E-state index contributed by atoms with van der Waals surface area (Å²) in [6, 6.07) is 8.24. The van der Waals surface area contributed by atoms with Gasteiger partial charge < -0.3 is 15.8 Å². The molecule has 1 atom stereocenters. The molecule has 134 valence electrons. The van der Waals surface area contributed by atoms with Crippen molar-refractivity contribution in [2.75, 3.05) is 13.2 Å². The van der Waals surface area contributed by atoms with E-state index >= 15 is 0 Å². The molecule has 0 saturated carbocycles. The molecule has 2 heterocycles. The number of nitrogens with two attached hydrogens (primary N) is 1. The number of aromatic nitrogens is 2. The highest BCUT2D eigenvalue weighted by Gasteiger charge is 2.21. The molecule has 1 aliphatic rings. The van der Waals surface area contributed by atoms with Crippen molar-refractivity contribution in [3.63, 3.8) is 0 Å². The van der Waals surface area contributed by atoms with Crippen LogP contribution in [0.5, 0.6) is 5.75 Å². The number of fused-ring (bicyclic) bond motifs is 1. The number of benzene rings is 1. The van der Waals surface area contributed by atoms with Gasteiger partial charge in [0, 0.05) is 31.3 Å². The minimum Gasteiger partial charge on any atom is -0.493 e. The predicted molar refractivity (Wildman–Crippen MR) is 99.9 cm³/mol. The Kier molecular flexibility index (Phi) is 5.26. The summed E-state index contributed by atoms with van der Waals surface area (Å²) in [5.74, 6) is 1.43. The molecule has 0 saturated heterocycles. The molecule has 1 aromatic carbocycles. The first-order valence-electron chi connectivity index (χ1n) is 8.83. The normalized spacial score (nSPS) is 17.1. The van der Waals surface area contributed by atoms with E-state index in [0.717, 1.165) is 36.3 Å². The second-order valence-corrected chi connectivity index (χ2v) is 6.52. The maximum atomic E-state index is 6.09. The van der Waals surface area contributed by atoms with Crippen LogP contribution in [0.4, 0.5) is 0 Å². The molecule has 1 aliphatic heterocycles. The number of hydrogen-bond donors (Lipinski definition) is 2. The molecule has 6 nitrogen and oxygen atoms in total. The Labute approximate surface area is 149 Å². The number of aliphatic imine (C=N–C) groups is 1. The highest BCUT2D eigenvalue weighted by atomic mass is 16.5. The molecule has 25 heavy (non-hydrogen) atoms. The Morgan fingerprint density at radius 1 is 1.40 bits per heavy atom. The summed E-state index contributed by atoms with van der Waals surface area (Å²) in [6.07, 6.45) is 2.82. The molecule has 2 aromatic rings. The molecule has 0 bridgehead atoms. The second-order valence-electron chi connectivity index (χ2n) is 6.52. The molecule has 1 aromatic heterocycles. The maximum absolute atomic E-state index is 6.09. The van der Waals surface area contributed by atoms with Crippen molar-refractivity contribution in [3.05, 3.63) is 46.8 Å². The van der Waals surface area contributed by atoms with E-state index in [1.165, 1.54) is 11.3 Å². The number of nitrogens with zero attached hydrogens (tertiary/aromatic N) is 3. The summed E-state index contributed by atoms with van der Waals surface area (Å²) >= 11 is 0. The van der Waals surface area contributed by atoms with Gasteiger partial charge in [-0.05, 0) is 38.3 Å². The Morgan fingerprint density at radius 2 is 2.20 bits per heavy atom. The van der Waals surface area contributed by atoms with Gasteiger partial charge in [-0.25, -0.2) is 0 Å². The summed E-state index contributed by atoms with van der Waals surface area (Å²) in [5.41, 5.74) is 10.9. The van der Waals surface area contributed by atoms with Crippen LogP contribution in [0.3, 0.4) is 0 Å². The van der Waals surface area contributed by atoms with E-state index in [1.807, 2.05) is 29.9 Å². The Hall–Kier alpha value is -2.50. The van der Waals surface area contributed by atoms with Crippen LogP contribution in [0, 0.1) is 13.8 Å². The lowest BCUT2D eigenvalue weighted by Crippen LogP contribution is -2.37. The van der Waals surface area contributed by atoms with Gasteiger partial charge in [0.25, 0.3) is 0 Å². The van der Waals surface area contributed by atoms with Crippen molar-refractivity contribution in [2.45, 2.75) is 39.2 Å². The minimum atomic E-state index is 0.163. The van der Waals surface area contributed by atoms with Gasteiger partial charge in [-0.3, -0.25) is 9.67 Å². The van der Waals surface area contributed by atoms with Gasteiger partial charge in [0.2, 0.25) is 0 Å². The number of hydrogen-bond acceptors (Lipinski definition) is 3. The summed E-state index contributed by atoms with van der Waals surface area (Å²) in [5, 5.41) is 7.79. The molecule has 6 heteroatoms. The number of nitrogens with one attached hydrogen (secondary N) is 1. The van der Waals surface area contributed by atoms with Crippen molar-refractivity contribution in [1.29, 1.82) is 0 Å². The minimum absolute atomic E-state index is 0.163. The lowest BCUT2D eigenvalue weighted by Gasteiger charge is -2.26. The SMILES string of the molecule is Cc1nn(C)c(C)c1CCCN=C(N)NC1CCOc2ccccc21. The summed E-state index contributed by atoms with van der Waals surface area (Å²) in [4.78, 5) is 4.49. The van der Waals surface area contributed by atoms with Crippen molar-refractivity contribution in [1.82, 2.24) is 15.1 Å². The topological polar surface area (TPSA) is 77.5 Å². The molecule has 0 radical (unpaired) electrons. The third-order valence-corrected chi connectivity index (χ3v) is 4.81. The highest BCUT2D eigenvalue weighted by molar-refractivity contribution is 5.78.